The molecule has 0 saturated heterocycles. The topological polar surface area (TPSA) is 26.3 Å². The van der Waals surface area contributed by atoms with E-state index in [2.05, 4.69) is 11.1 Å². The van der Waals surface area contributed by atoms with Gasteiger partial charge in [-0.25, -0.2) is 0 Å². The van der Waals surface area contributed by atoms with Crippen LogP contribution < -0.4 is 0 Å². The van der Waals surface area contributed by atoms with Gasteiger partial charge in [-0.15, -0.1) is 0 Å². The van der Waals surface area contributed by atoms with Crippen LogP contribution in [0.1, 0.15) is 6.92 Å². The Labute approximate surface area is 53.7 Å². The molecule has 8 heavy (non-hydrogen) atoms. The first-order valence-corrected chi connectivity index (χ1v) is 4.55. The fraction of sp³-hybridized carbons (Fsp3) is 0.500. The largest absolute Gasteiger partial charge is 0.318 e. The summed E-state index contributed by atoms with van der Waals surface area (Å²) in [7, 11) is 1.29. The lowest BCUT2D eigenvalue weighted by molar-refractivity contribution is 0.414. The maximum Gasteiger partial charge on any atom is 0.314 e. The summed E-state index contributed by atoms with van der Waals surface area (Å²) in [4.78, 5) is 0. The molecule has 1 unspecified atom stereocenters. The van der Waals surface area contributed by atoms with E-state index in [0.29, 0.717) is 5.31 Å². The molecule has 4 heteroatoms. The Balaban J connectivity index is 4.15. The van der Waals surface area contributed by atoms with Crippen molar-refractivity contribution in [1.29, 1.82) is 0 Å². The Hall–Kier alpha value is 0.220. The number of hydrogen-bond donors (Lipinski definition) is 0. The van der Waals surface area contributed by atoms with E-state index in [1.165, 1.54) is 7.11 Å². The van der Waals surface area contributed by atoms with Crippen molar-refractivity contribution in [3.63, 3.8) is 0 Å². The monoisotopic (exact) mass is 154 g/mol. The zero-order chi connectivity index (χ0) is 6.78. The quantitative estimate of drug-likeness (QED) is 0.572. The summed E-state index contributed by atoms with van der Waals surface area (Å²) in [6.45, 7) is 1.98. The molecular formula is C4H8ClO2P. The number of hydrogen-bond acceptors (Lipinski definition) is 2. The molecule has 0 heterocycles. The molecule has 0 aliphatic heterocycles. The van der Waals surface area contributed by atoms with Crippen LogP contribution in [0.4, 0.5) is 0 Å². The Bertz CT molecular complexity index is 143. The van der Waals surface area contributed by atoms with E-state index in [-0.39, 0.29) is 0 Å². The molecule has 1 atom stereocenters. The van der Waals surface area contributed by atoms with Gasteiger partial charge in [0.2, 0.25) is 0 Å². The highest BCUT2D eigenvalue weighted by molar-refractivity contribution is 7.88. The standard InChI is InChI=1S/C4H8ClO2P/c1-4(2)8(5,6)7-3/h1H2,2-3H3. The average molecular weight is 155 g/mol. The van der Waals surface area contributed by atoms with E-state index in [1.54, 1.807) is 6.92 Å². The van der Waals surface area contributed by atoms with Crippen molar-refractivity contribution in [2.24, 2.45) is 0 Å². The van der Waals surface area contributed by atoms with Gasteiger partial charge >= 0.3 is 6.72 Å². The molecule has 0 radical (unpaired) electrons. The summed E-state index contributed by atoms with van der Waals surface area (Å²) >= 11 is 5.29. The SMILES string of the molecule is C=C(C)P(=O)(Cl)OC. The van der Waals surface area contributed by atoms with E-state index in [1.807, 2.05) is 0 Å². The number of rotatable bonds is 2. The molecule has 0 bridgehead atoms. The highest BCUT2D eigenvalue weighted by atomic mass is 35.7. The second-order valence-corrected chi connectivity index (χ2v) is 4.82. The Morgan fingerprint density at radius 3 is 2.25 bits per heavy atom. The third-order valence-electron chi connectivity index (χ3n) is 0.691. The molecule has 2 nitrogen and oxygen atoms in total. The van der Waals surface area contributed by atoms with Crippen LogP contribution in [0, 0.1) is 0 Å². The molecule has 0 N–H and O–H groups in total. The van der Waals surface area contributed by atoms with E-state index >= 15 is 0 Å². The molecule has 48 valence electrons. The van der Waals surface area contributed by atoms with E-state index < -0.39 is 6.72 Å². The summed E-state index contributed by atoms with van der Waals surface area (Å²) in [6, 6.07) is 0. The lowest BCUT2D eigenvalue weighted by atomic mass is 10.8. The third-order valence-corrected chi connectivity index (χ3v) is 3.35. The van der Waals surface area contributed by atoms with Crippen molar-refractivity contribution < 1.29 is 9.09 Å². The average Bonchev–Trinajstić information content (AvgIpc) is 1.67. The zero-order valence-electron chi connectivity index (χ0n) is 4.85. The van der Waals surface area contributed by atoms with Crippen molar-refractivity contribution in [1.82, 2.24) is 0 Å². The number of allylic oxidation sites excluding steroid dienone is 1. The van der Waals surface area contributed by atoms with Crippen molar-refractivity contribution >= 4 is 18.0 Å². The lowest BCUT2D eigenvalue weighted by Gasteiger charge is -2.04. The third kappa shape index (κ3) is 1.99. The first kappa shape index (κ1) is 8.22. The van der Waals surface area contributed by atoms with E-state index in [4.69, 9.17) is 11.2 Å². The molecule has 0 amide bonds. The normalized spacial score (nSPS) is 17.4. The van der Waals surface area contributed by atoms with Gasteiger partial charge in [0.15, 0.2) is 0 Å². The summed E-state index contributed by atoms with van der Waals surface area (Å²) < 4.78 is 15.1. The zero-order valence-corrected chi connectivity index (χ0v) is 6.50. The van der Waals surface area contributed by atoms with Crippen LogP contribution in [0.3, 0.4) is 0 Å². The molecule has 0 aromatic carbocycles. The van der Waals surface area contributed by atoms with Crippen LogP contribution >= 0.6 is 18.0 Å². The van der Waals surface area contributed by atoms with Crippen LogP contribution in [0.2, 0.25) is 0 Å². The van der Waals surface area contributed by atoms with Crippen LogP contribution in [-0.4, -0.2) is 7.11 Å². The van der Waals surface area contributed by atoms with Crippen molar-refractivity contribution in [2.75, 3.05) is 7.11 Å². The first-order valence-electron chi connectivity index (χ1n) is 2.02. The van der Waals surface area contributed by atoms with Gasteiger partial charge in [0.1, 0.15) is 0 Å². The number of halogens is 1. The molecule has 0 aromatic rings. The Kier molecular flexibility index (Phi) is 2.75. The van der Waals surface area contributed by atoms with E-state index in [0.717, 1.165) is 0 Å². The molecule has 0 rings (SSSR count). The van der Waals surface area contributed by atoms with Crippen LogP contribution in [0.15, 0.2) is 11.9 Å². The van der Waals surface area contributed by atoms with Crippen LogP contribution in [0.25, 0.3) is 0 Å². The Morgan fingerprint density at radius 2 is 2.25 bits per heavy atom. The van der Waals surface area contributed by atoms with Gasteiger partial charge in [0, 0.05) is 12.4 Å². The molecule has 0 aliphatic rings. The van der Waals surface area contributed by atoms with Crippen molar-refractivity contribution in [3.8, 4) is 0 Å². The highest BCUT2D eigenvalue weighted by Crippen LogP contribution is 2.58. The minimum atomic E-state index is -2.97. The highest BCUT2D eigenvalue weighted by Gasteiger charge is 2.16. The van der Waals surface area contributed by atoms with Gasteiger partial charge < -0.3 is 4.52 Å². The lowest BCUT2D eigenvalue weighted by Crippen LogP contribution is -1.74. The maximum atomic E-state index is 10.7. The second kappa shape index (κ2) is 2.67. The predicted octanol–water partition coefficient (Wildman–Crippen LogP) is 2.60. The molecule has 0 saturated carbocycles. The van der Waals surface area contributed by atoms with Gasteiger partial charge in [0.25, 0.3) is 0 Å². The van der Waals surface area contributed by atoms with Gasteiger partial charge in [-0.2, -0.15) is 0 Å². The fourth-order valence-corrected chi connectivity index (χ4v) is 0.468. The van der Waals surface area contributed by atoms with Gasteiger partial charge in [-0.05, 0) is 18.2 Å². The van der Waals surface area contributed by atoms with E-state index in [9.17, 15) is 4.57 Å². The molecule has 0 aliphatic carbocycles. The van der Waals surface area contributed by atoms with Crippen molar-refractivity contribution in [3.05, 3.63) is 11.9 Å². The predicted molar refractivity (Wildman–Crippen MR) is 35.3 cm³/mol. The minimum Gasteiger partial charge on any atom is -0.318 e. The molecule has 0 fully saturated rings. The van der Waals surface area contributed by atoms with Crippen LogP contribution in [-0.2, 0) is 9.09 Å². The maximum absolute atomic E-state index is 10.7. The second-order valence-electron chi connectivity index (χ2n) is 1.40. The summed E-state index contributed by atoms with van der Waals surface area (Å²) in [5.74, 6) is 0. The molecule has 0 aromatic heterocycles. The molecular weight excluding hydrogens is 146 g/mol. The van der Waals surface area contributed by atoms with Gasteiger partial charge in [-0.1, -0.05) is 6.58 Å². The summed E-state index contributed by atoms with van der Waals surface area (Å²) in [6.07, 6.45) is 0. The summed E-state index contributed by atoms with van der Waals surface area (Å²) in [5.41, 5.74) is 0. The van der Waals surface area contributed by atoms with Gasteiger partial charge in [0.05, 0.1) is 0 Å². The first-order chi connectivity index (χ1) is 3.50. The Morgan fingerprint density at radius 1 is 1.88 bits per heavy atom. The molecule has 0 spiro atoms. The smallest absolute Gasteiger partial charge is 0.314 e. The van der Waals surface area contributed by atoms with Crippen LogP contribution in [0.5, 0.6) is 0 Å². The summed E-state index contributed by atoms with van der Waals surface area (Å²) in [5, 5.41) is 0.377. The van der Waals surface area contributed by atoms with Crippen molar-refractivity contribution in [2.45, 2.75) is 6.92 Å². The van der Waals surface area contributed by atoms with Gasteiger partial charge in [-0.3, -0.25) is 4.57 Å². The fourth-order valence-electron chi connectivity index (χ4n) is 0.156. The minimum absolute atomic E-state index is 0.377.